The maximum atomic E-state index is 7.14. The molecule has 0 fully saturated rings. The van der Waals surface area contributed by atoms with Crippen molar-refractivity contribution < 1.29 is 4.42 Å². The lowest BCUT2D eigenvalue weighted by atomic mass is 9.57. The molecule has 3 aliphatic rings. The molecular weight excluding hydrogens is 705 g/mol. The van der Waals surface area contributed by atoms with Crippen molar-refractivity contribution >= 4 is 141 Å². The first-order chi connectivity index (χ1) is 28.6. The summed E-state index contributed by atoms with van der Waals surface area (Å²) in [6, 6.07) is 44.1. The van der Waals surface area contributed by atoms with Crippen molar-refractivity contribution in [1.82, 2.24) is 0 Å². The smallest absolute Gasteiger partial charge is 0.135 e. The summed E-state index contributed by atoms with van der Waals surface area (Å²) in [6.45, 7) is 0. The van der Waals surface area contributed by atoms with Gasteiger partial charge in [0.15, 0.2) is 0 Å². The van der Waals surface area contributed by atoms with Gasteiger partial charge in [0.1, 0.15) is 73.8 Å². The van der Waals surface area contributed by atoms with Crippen LogP contribution < -0.4 is 59.2 Å². The highest BCUT2D eigenvalue weighted by atomic mass is 16.3. The molecule has 0 atom stereocenters. The third kappa shape index (κ3) is 4.71. The van der Waals surface area contributed by atoms with Crippen LogP contribution in [0.3, 0.4) is 0 Å². The molecule has 0 aliphatic heterocycles. The molecule has 0 bridgehead atoms. The Kier molecular flexibility index (Phi) is 7.94. The van der Waals surface area contributed by atoms with Crippen LogP contribution in [0.4, 0.5) is 11.4 Å². The van der Waals surface area contributed by atoms with E-state index in [9.17, 15) is 0 Å². The van der Waals surface area contributed by atoms with Crippen LogP contribution in [0.2, 0.25) is 0 Å². The number of anilines is 2. The Hall–Kier alpha value is -6.04. The minimum Gasteiger partial charge on any atom is -0.456 e. The summed E-state index contributed by atoms with van der Waals surface area (Å²) in [4.78, 5) is 2.35. The van der Waals surface area contributed by atoms with Gasteiger partial charge in [-0.15, -0.1) is 21.9 Å². The molecular formula is C49H23B8NO. The zero-order valence-corrected chi connectivity index (χ0v) is 31.9. The van der Waals surface area contributed by atoms with Crippen LogP contribution in [-0.4, -0.2) is 62.8 Å². The minimum absolute atomic E-state index is 0.150. The molecule has 1 heterocycles. The lowest BCUT2D eigenvalue weighted by Crippen LogP contribution is -2.52. The molecule has 0 saturated heterocycles. The average Bonchev–Trinajstić information content (AvgIpc) is 3.92. The van der Waals surface area contributed by atoms with Crippen molar-refractivity contribution in [1.29, 1.82) is 0 Å². The molecule has 1 aromatic heterocycles. The second-order valence-electron chi connectivity index (χ2n) is 15.4. The minimum atomic E-state index is -1.21. The van der Waals surface area contributed by atoms with Crippen molar-refractivity contribution in [2.75, 3.05) is 4.90 Å². The van der Waals surface area contributed by atoms with Gasteiger partial charge in [-0.1, -0.05) is 107 Å². The molecule has 7 aromatic carbocycles. The van der Waals surface area contributed by atoms with E-state index in [-0.39, 0.29) is 43.7 Å². The lowest BCUT2D eigenvalue weighted by Gasteiger charge is -2.36. The molecule has 254 valence electrons. The predicted molar refractivity (Wildman–Crippen MR) is 250 cm³/mol. The summed E-state index contributed by atoms with van der Waals surface area (Å²) in [5.41, 5.74) is 12.9. The number of fused-ring (bicyclic) bond motifs is 13. The molecule has 16 radical (unpaired) electrons. The standard InChI is InChI=1S/C49H23B8NO/c50-41-37-38-40(44(53)48(57)46(55)42(38)51)49(39(37)43(52)47(56)45(41)54)29-14-6-4-12-27(29)35-30(49)15-8-16-31(35)58(26-22-20-25(21-23-26)24-10-2-1-3-11-24)32-17-9-19-34-36(32)28-13-5-7-18-33(28)59-34/h1-3,5-8,10-11,13-16,18-23H,9,17H2. The molecule has 0 amide bonds. The van der Waals surface area contributed by atoms with Gasteiger partial charge in [0.2, 0.25) is 0 Å². The third-order valence-corrected chi connectivity index (χ3v) is 12.6. The Morgan fingerprint density at radius 3 is 1.88 bits per heavy atom. The van der Waals surface area contributed by atoms with Crippen LogP contribution in [0.1, 0.15) is 35.1 Å². The van der Waals surface area contributed by atoms with Crippen molar-refractivity contribution in [2.45, 2.75) is 18.3 Å². The average molecular weight is 728 g/mol. The molecule has 1 spiro atoms. The molecule has 8 aromatic rings. The number of nitrogens with zero attached hydrogens (tertiary/aromatic N) is 1. The fourth-order valence-corrected chi connectivity index (χ4v) is 10.0. The Bertz CT molecular complexity index is 3190. The van der Waals surface area contributed by atoms with Gasteiger partial charge in [-0.3, -0.25) is 0 Å². The second-order valence-corrected chi connectivity index (χ2v) is 15.4. The zero-order valence-electron chi connectivity index (χ0n) is 31.9. The normalized spacial score (nSPS) is 13.9. The quantitative estimate of drug-likeness (QED) is 0.251. The van der Waals surface area contributed by atoms with Crippen molar-refractivity contribution in [2.24, 2.45) is 0 Å². The van der Waals surface area contributed by atoms with Crippen molar-refractivity contribution in [3.05, 3.63) is 154 Å². The molecule has 0 unspecified atom stereocenters. The van der Waals surface area contributed by atoms with Gasteiger partial charge in [-0.2, -0.15) is 0 Å². The molecule has 10 heteroatoms. The van der Waals surface area contributed by atoms with Gasteiger partial charge in [-0.05, 0) is 99.8 Å². The number of hydrogen-bond acceptors (Lipinski definition) is 2. The van der Waals surface area contributed by atoms with E-state index >= 15 is 0 Å². The first-order valence-electron chi connectivity index (χ1n) is 19.4. The van der Waals surface area contributed by atoms with Gasteiger partial charge in [0.05, 0.1) is 11.1 Å². The Morgan fingerprint density at radius 1 is 0.559 bits per heavy atom. The van der Waals surface area contributed by atoms with Crippen LogP contribution in [0.25, 0.3) is 56.1 Å². The van der Waals surface area contributed by atoms with E-state index in [1.54, 1.807) is 0 Å². The highest BCUT2D eigenvalue weighted by Gasteiger charge is 2.55. The molecule has 0 N–H and O–H groups in total. The fourth-order valence-electron chi connectivity index (χ4n) is 10.0. The summed E-state index contributed by atoms with van der Waals surface area (Å²) < 4.78 is 6.50. The van der Waals surface area contributed by atoms with Gasteiger partial charge in [0.25, 0.3) is 0 Å². The number of para-hydroxylation sites is 1. The maximum Gasteiger partial charge on any atom is 0.135 e. The van der Waals surface area contributed by atoms with Crippen molar-refractivity contribution in [3.63, 3.8) is 0 Å². The first kappa shape index (κ1) is 36.1. The highest BCUT2D eigenvalue weighted by Crippen LogP contribution is 2.62. The monoisotopic (exact) mass is 729 g/mol. The number of benzene rings is 6. The van der Waals surface area contributed by atoms with Crippen molar-refractivity contribution in [3.8, 4) is 33.4 Å². The van der Waals surface area contributed by atoms with Gasteiger partial charge in [0, 0.05) is 33.1 Å². The molecule has 2 nitrogen and oxygen atoms in total. The predicted octanol–water partition coefficient (Wildman–Crippen LogP) is 0.915. The fraction of sp³-hybridized carbons (Fsp3) is 0.0612. The molecule has 3 aliphatic carbocycles. The van der Waals surface area contributed by atoms with Gasteiger partial charge < -0.3 is 9.32 Å². The van der Waals surface area contributed by atoms with E-state index in [4.69, 9.17) is 67.2 Å². The van der Waals surface area contributed by atoms with E-state index in [2.05, 4.69) is 83.8 Å². The highest BCUT2D eigenvalue weighted by molar-refractivity contribution is 6.67. The van der Waals surface area contributed by atoms with E-state index in [0.29, 0.717) is 22.3 Å². The maximum absolute atomic E-state index is 7.14. The van der Waals surface area contributed by atoms with Crippen LogP contribution in [-0.2, 0) is 5.41 Å². The topological polar surface area (TPSA) is 16.4 Å². The summed E-state index contributed by atoms with van der Waals surface area (Å²) in [5.74, 6) is 0. The number of rotatable bonds is 4. The van der Waals surface area contributed by atoms with Gasteiger partial charge in [-0.25, -0.2) is 0 Å². The Labute approximate surface area is 354 Å². The molecule has 0 saturated carbocycles. The second kappa shape index (κ2) is 13.0. The lowest BCUT2D eigenvalue weighted by molar-refractivity contribution is 0.570. The van der Waals surface area contributed by atoms with Crippen LogP contribution in [0, 0.1) is 12.1 Å². The third-order valence-electron chi connectivity index (χ3n) is 12.6. The Morgan fingerprint density at radius 2 is 1.19 bits per heavy atom. The zero-order chi connectivity index (χ0) is 40.5. The number of furan rings is 1. The van der Waals surface area contributed by atoms with E-state index < -0.39 is 5.41 Å². The van der Waals surface area contributed by atoms with E-state index in [1.165, 1.54) is 0 Å². The first-order valence-corrected chi connectivity index (χ1v) is 19.4. The molecule has 59 heavy (non-hydrogen) atoms. The van der Waals surface area contributed by atoms with Crippen LogP contribution in [0.5, 0.6) is 0 Å². The largest absolute Gasteiger partial charge is 0.456 e. The number of hydrogen-bond donors (Lipinski definition) is 0. The van der Waals surface area contributed by atoms with Crippen LogP contribution >= 0.6 is 0 Å². The molecule has 11 rings (SSSR count). The van der Waals surface area contributed by atoms with E-state index in [0.717, 1.165) is 84.9 Å². The summed E-state index contributed by atoms with van der Waals surface area (Å²) >= 11 is 0. The summed E-state index contributed by atoms with van der Waals surface area (Å²) in [7, 11) is 54.8. The van der Waals surface area contributed by atoms with Gasteiger partial charge >= 0.3 is 0 Å². The summed E-state index contributed by atoms with van der Waals surface area (Å²) in [6.07, 6.45) is 3.70. The summed E-state index contributed by atoms with van der Waals surface area (Å²) in [5, 5.41) is 2.08. The van der Waals surface area contributed by atoms with Crippen LogP contribution in [0.15, 0.2) is 114 Å². The SMILES string of the molecule is [B]c1c([B])c([B])c2c(c1[B])-c1c([B])c([B])c([B])c([B])c1C21c2ccc#cc2-c2c(N(C3=c4c(oc5ccccc45)=CCC3)c3ccc(-c4ccccc4)cc3)cccc21. The van der Waals surface area contributed by atoms with E-state index in [1.807, 2.05) is 48.5 Å². The Balaban J connectivity index is 1.29.